The Bertz CT molecular complexity index is 464. The largest absolute Gasteiger partial charge is 0.465 e. The third-order valence-corrected chi connectivity index (χ3v) is 3.70. The first kappa shape index (κ1) is 18.7. The quantitative estimate of drug-likeness (QED) is 0.403. The van der Waals surface area contributed by atoms with Gasteiger partial charge in [0.05, 0.1) is 25.9 Å². The lowest BCUT2D eigenvalue weighted by Crippen LogP contribution is -2.46. The lowest BCUT2D eigenvalue weighted by atomic mass is 10.2. The van der Waals surface area contributed by atoms with Crippen LogP contribution < -0.4 is 5.32 Å². The maximum Gasteiger partial charge on any atom is 0.325 e. The molecule has 0 unspecified atom stereocenters. The Balaban J connectivity index is 2.50. The molecule has 0 saturated heterocycles. The number of benzene rings is 1. The molecule has 1 aromatic rings. The van der Waals surface area contributed by atoms with Gasteiger partial charge in [0.25, 0.3) is 0 Å². The summed E-state index contributed by atoms with van der Waals surface area (Å²) in [7, 11) is 0. The number of rotatable bonds is 10. The first-order valence-electron chi connectivity index (χ1n) is 7.19. The van der Waals surface area contributed by atoms with E-state index in [4.69, 9.17) is 9.47 Å². The van der Waals surface area contributed by atoms with Gasteiger partial charge < -0.3 is 14.3 Å². The van der Waals surface area contributed by atoms with Gasteiger partial charge in [-0.2, -0.15) is 0 Å². The molecule has 0 aliphatic heterocycles. The predicted molar refractivity (Wildman–Crippen MR) is 87.0 cm³/mol. The molecule has 0 heterocycles. The first-order chi connectivity index (χ1) is 10.6. The van der Waals surface area contributed by atoms with E-state index in [1.807, 2.05) is 30.5 Å². The van der Waals surface area contributed by atoms with Gasteiger partial charge in [0.2, 0.25) is 0 Å². The van der Waals surface area contributed by atoms with Crippen LogP contribution in [0.4, 0.5) is 0 Å². The highest BCUT2D eigenvalue weighted by molar-refractivity contribution is 7.98. The van der Waals surface area contributed by atoms with Crippen LogP contribution in [-0.4, -0.2) is 43.8 Å². The molecular weight excluding hydrogens is 302 g/mol. The van der Waals surface area contributed by atoms with Gasteiger partial charge in [-0.15, -0.1) is 11.8 Å². The van der Waals surface area contributed by atoms with Crippen LogP contribution in [0.5, 0.6) is 0 Å². The van der Waals surface area contributed by atoms with Gasteiger partial charge in [0, 0.05) is 4.90 Å². The molecule has 2 atom stereocenters. The number of carbonyl (C=O) groups is 2. The zero-order valence-electron chi connectivity index (χ0n) is 13.2. The second kappa shape index (κ2) is 10.4. The highest BCUT2D eigenvalue weighted by atomic mass is 32.2. The van der Waals surface area contributed by atoms with E-state index >= 15 is 0 Å². The van der Waals surface area contributed by atoms with Crippen LogP contribution in [0.3, 0.4) is 0 Å². The molecule has 1 rings (SSSR count). The normalized spacial score (nSPS) is 13.4. The second-order valence-corrected chi connectivity index (χ2v) is 5.64. The van der Waals surface area contributed by atoms with Crippen LogP contribution in [0.2, 0.25) is 0 Å². The fourth-order valence-corrected chi connectivity index (χ4v) is 2.21. The van der Waals surface area contributed by atoms with Crippen molar-refractivity contribution in [2.45, 2.75) is 37.4 Å². The number of esters is 1. The van der Waals surface area contributed by atoms with E-state index in [2.05, 4.69) is 5.32 Å². The summed E-state index contributed by atoms with van der Waals surface area (Å²) in [5.41, 5.74) is 1.03. The number of carbonyl (C=O) groups excluding carboxylic acids is 2. The Hall–Kier alpha value is -1.37. The van der Waals surface area contributed by atoms with E-state index in [9.17, 15) is 9.59 Å². The molecule has 22 heavy (non-hydrogen) atoms. The highest BCUT2D eigenvalue weighted by Crippen LogP contribution is 2.15. The molecule has 0 amide bonds. The van der Waals surface area contributed by atoms with Crippen molar-refractivity contribution in [3.05, 3.63) is 29.8 Å². The van der Waals surface area contributed by atoms with Gasteiger partial charge in [-0.1, -0.05) is 12.1 Å². The summed E-state index contributed by atoms with van der Waals surface area (Å²) in [5, 5.41) is 2.88. The molecule has 0 aliphatic rings. The van der Waals surface area contributed by atoms with E-state index in [-0.39, 0.29) is 6.61 Å². The molecule has 6 heteroatoms. The number of aldehydes is 1. The molecule has 0 saturated carbocycles. The van der Waals surface area contributed by atoms with Crippen molar-refractivity contribution in [2.24, 2.45) is 0 Å². The molecular formula is C16H23NO4S. The maximum absolute atomic E-state index is 11.8. The van der Waals surface area contributed by atoms with Crippen LogP contribution in [0.25, 0.3) is 0 Å². The molecule has 0 spiro atoms. The van der Waals surface area contributed by atoms with Crippen molar-refractivity contribution in [2.75, 3.05) is 19.5 Å². The van der Waals surface area contributed by atoms with E-state index < -0.39 is 18.1 Å². The summed E-state index contributed by atoms with van der Waals surface area (Å²) < 4.78 is 10.6. The Morgan fingerprint density at radius 2 is 2.05 bits per heavy atom. The summed E-state index contributed by atoms with van der Waals surface area (Å²) in [6, 6.07) is 6.96. The number of ether oxygens (including phenoxy) is 2. The average Bonchev–Trinajstić information content (AvgIpc) is 2.54. The Morgan fingerprint density at radius 1 is 1.36 bits per heavy atom. The van der Waals surface area contributed by atoms with E-state index in [0.29, 0.717) is 13.2 Å². The van der Waals surface area contributed by atoms with Crippen molar-refractivity contribution in [1.29, 1.82) is 0 Å². The summed E-state index contributed by atoms with van der Waals surface area (Å²) in [5.74, 6) is -0.408. The molecule has 0 bridgehead atoms. The minimum Gasteiger partial charge on any atom is -0.465 e. The van der Waals surface area contributed by atoms with Crippen molar-refractivity contribution < 1.29 is 19.1 Å². The molecule has 1 aromatic carbocycles. The standard InChI is InChI=1S/C16H23NO4S/c1-4-21-16(19)15(17-12(2)9-18)11-20-10-13-5-7-14(22-3)8-6-13/h5-9,12,15,17H,4,10-11H2,1-3H3/t12-,15-/m1/s1. The fourth-order valence-electron chi connectivity index (χ4n) is 1.80. The summed E-state index contributed by atoms with van der Waals surface area (Å²) in [6.45, 7) is 4.28. The minimum atomic E-state index is -0.648. The number of nitrogens with one attached hydrogen (secondary N) is 1. The van der Waals surface area contributed by atoms with Gasteiger partial charge in [-0.3, -0.25) is 10.1 Å². The van der Waals surface area contributed by atoms with Crippen LogP contribution in [-0.2, 0) is 25.7 Å². The summed E-state index contributed by atoms with van der Waals surface area (Å²) >= 11 is 1.68. The maximum atomic E-state index is 11.8. The van der Waals surface area contributed by atoms with Crippen LogP contribution >= 0.6 is 11.8 Å². The average molecular weight is 325 g/mol. The van der Waals surface area contributed by atoms with Crippen molar-refractivity contribution in [3.8, 4) is 0 Å². The summed E-state index contributed by atoms with van der Waals surface area (Å²) in [4.78, 5) is 23.7. The Labute approximate surface area is 135 Å². The topological polar surface area (TPSA) is 64.6 Å². The van der Waals surface area contributed by atoms with Crippen LogP contribution in [0.15, 0.2) is 29.2 Å². The van der Waals surface area contributed by atoms with Crippen LogP contribution in [0.1, 0.15) is 19.4 Å². The summed E-state index contributed by atoms with van der Waals surface area (Å²) in [6.07, 6.45) is 2.77. The van der Waals surface area contributed by atoms with Crippen LogP contribution in [0, 0.1) is 0 Å². The zero-order valence-corrected chi connectivity index (χ0v) is 14.0. The minimum absolute atomic E-state index is 0.154. The SMILES string of the molecule is CCOC(=O)[C@@H](COCc1ccc(SC)cc1)N[C@H](C)C=O. The monoisotopic (exact) mass is 325 g/mol. The lowest BCUT2D eigenvalue weighted by molar-refractivity contribution is -0.147. The van der Waals surface area contributed by atoms with Gasteiger partial charge in [0.15, 0.2) is 0 Å². The molecule has 5 nitrogen and oxygen atoms in total. The van der Waals surface area contributed by atoms with E-state index in [1.54, 1.807) is 25.6 Å². The number of thioether (sulfide) groups is 1. The highest BCUT2D eigenvalue weighted by Gasteiger charge is 2.21. The molecule has 0 aliphatic carbocycles. The second-order valence-electron chi connectivity index (χ2n) is 4.76. The Kier molecular flexibility index (Phi) is 8.81. The van der Waals surface area contributed by atoms with Crippen molar-refractivity contribution >= 4 is 24.0 Å². The van der Waals surface area contributed by atoms with E-state index in [1.165, 1.54) is 4.90 Å². The van der Waals surface area contributed by atoms with Crippen molar-refractivity contribution in [3.63, 3.8) is 0 Å². The zero-order chi connectivity index (χ0) is 16.4. The van der Waals surface area contributed by atoms with Crippen molar-refractivity contribution in [1.82, 2.24) is 5.32 Å². The number of hydrogen-bond donors (Lipinski definition) is 1. The molecule has 0 aromatic heterocycles. The fraction of sp³-hybridized carbons (Fsp3) is 0.500. The molecule has 1 N–H and O–H groups in total. The van der Waals surface area contributed by atoms with Gasteiger partial charge >= 0.3 is 5.97 Å². The molecule has 0 radical (unpaired) electrons. The Morgan fingerprint density at radius 3 is 2.59 bits per heavy atom. The van der Waals surface area contributed by atoms with Gasteiger partial charge in [0.1, 0.15) is 12.3 Å². The lowest BCUT2D eigenvalue weighted by Gasteiger charge is -2.19. The molecule has 0 fully saturated rings. The smallest absolute Gasteiger partial charge is 0.325 e. The third-order valence-electron chi connectivity index (χ3n) is 2.95. The van der Waals surface area contributed by atoms with Gasteiger partial charge in [-0.05, 0) is 37.8 Å². The van der Waals surface area contributed by atoms with Gasteiger partial charge in [-0.25, -0.2) is 0 Å². The first-order valence-corrected chi connectivity index (χ1v) is 8.41. The van der Waals surface area contributed by atoms with E-state index in [0.717, 1.165) is 11.8 Å². The predicted octanol–water partition coefficient (Wildman–Crippen LogP) is 2.03. The molecule has 122 valence electrons. The number of hydrogen-bond acceptors (Lipinski definition) is 6. The third kappa shape index (κ3) is 6.60.